The molecule has 0 saturated carbocycles. The summed E-state index contributed by atoms with van der Waals surface area (Å²) in [5.41, 5.74) is 4.29. The molecular formula is C35H44F6N2. The van der Waals surface area contributed by atoms with Crippen LogP contribution >= 0.6 is 0 Å². The van der Waals surface area contributed by atoms with E-state index in [1.807, 2.05) is 13.1 Å². The molecule has 1 aromatic carbocycles. The zero-order valence-electron chi connectivity index (χ0n) is 26.4. The number of likely N-dealkylation sites (tertiary alicyclic amines) is 1. The van der Waals surface area contributed by atoms with Gasteiger partial charge in [-0.1, -0.05) is 48.1 Å². The number of pyridine rings is 1. The van der Waals surface area contributed by atoms with Crippen LogP contribution in [0, 0.1) is 10.8 Å². The molecule has 2 unspecified atom stereocenters. The van der Waals surface area contributed by atoms with Crippen molar-refractivity contribution in [1.29, 1.82) is 0 Å². The number of aryl methyl sites for hydroxylation is 1. The van der Waals surface area contributed by atoms with Gasteiger partial charge in [0.05, 0.1) is 11.1 Å². The summed E-state index contributed by atoms with van der Waals surface area (Å²) in [5, 5.41) is 0. The molecule has 1 aliphatic heterocycles. The van der Waals surface area contributed by atoms with Gasteiger partial charge in [0.1, 0.15) is 0 Å². The maximum atomic E-state index is 13.6. The number of aromatic nitrogens is 1. The number of hydrogen-bond donors (Lipinski definition) is 0. The van der Waals surface area contributed by atoms with Crippen molar-refractivity contribution in [3.05, 3.63) is 81.8 Å². The van der Waals surface area contributed by atoms with Crippen LogP contribution in [0.5, 0.6) is 0 Å². The van der Waals surface area contributed by atoms with Gasteiger partial charge in [-0.05, 0) is 108 Å². The Bertz CT molecular complexity index is 1360. The number of allylic oxidation sites excluding steroid dienone is 2. The summed E-state index contributed by atoms with van der Waals surface area (Å²) < 4.78 is 81.8. The minimum atomic E-state index is -4.88. The van der Waals surface area contributed by atoms with Crippen LogP contribution in [0.25, 0.3) is 5.57 Å². The second-order valence-electron chi connectivity index (χ2n) is 14.4. The molecule has 2 nitrogen and oxygen atoms in total. The molecule has 0 amide bonds. The summed E-state index contributed by atoms with van der Waals surface area (Å²) in [6.45, 7) is 19.8. The molecule has 1 aromatic heterocycles. The van der Waals surface area contributed by atoms with Crippen LogP contribution in [-0.2, 0) is 25.2 Å². The smallest absolute Gasteiger partial charge is 0.368 e. The van der Waals surface area contributed by atoms with Gasteiger partial charge in [-0.2, -0.15) is 26.3 Å². The molecule has 43 heavy (non-hydrogen) atoms. The van der Waals surface area contributed by atoms with Crippen molar-refractivity contribution in [3.8, 4) is 0 Å². The van der Waals surface area contributed by atoms with Crippen molar-refractivity contribution in [2.24, 2.45) is 10.8 Å². The van der Waals surface area contributed by atoms with E-state index in [1.54, 1.807) is 0 Å². The Balaban J connectivity index is 1.74. The zero-order valence-corrected chi connectivity index (χ0v) is 26.4. The van der Waals surface area contributed by atoms with E-state index in [9.17, 15) is 26.3 Å². The molecule has 1 fully saturated rings. The fraction of sp³-hybridized carbons (Fsp3) is 0.571. The Kier molecular flexibility index (Phi) is 8.96. The van der Waals surface area contributed by atoms with Crippen molar-refractivity contribution in [3.63, 3.8) is 0 Å². The summed E-state index contributed by atoms with van der Waals surface area (Å²) in [5.74, 6) is -0.542. The first-order valence-electron chi connectivity index (χ1n) is 15.1. The standard InChI is InChI=1S/C35H44F6N2/c1-9-31-30(13-23(19-42-31)17-32(4,5)6)28-10-11-33(7,8)18-25(28)20-43-21(2)12-29(22(43)3)24-14-26(34(36,37)38)16-27(15-24)35(39,40)41/h13-16,19,22,29H,2,9-12,17-18,20H2,1,3-8H3. The second-order valence-corrected chi connectivity index (χ2v) is 14.4. The second kappa shape index (κ2) is 11.6. The number of benzene rings is 1. The van der Waals surface area contributed by atoms with E-state index in [4.69, 9.17) is 4.98 Å². The van der Waals surface area contributed by atoms with Crippen LogP contribution in [0.1, 0.15) is 114 Å². The summed E-state index contributed by atoms with van der Waals surface area (Å²) >= 11 is 0. The van der Waals surface area contributed by atoms with E-state index in [-0.39, 0.29) is 28.5 Å². The Hall–Kier alpha value is -2.77. The summed E-state index contributed by atoms with van der Waals surface area (Å²) in [6.07, 6.45) is -3.06. The highest BCUT2D eigenvalue weighted by molar-refractivity contribution is 5.72. The maximum absolute atomic E-state index is 13.6. The van der Waals surface area contributed by atoms with Gasteiger partial charge in [0, 0.05) is 36.1 Å². The summed E-state index contributed by atoms with van der Waals surface area (Å²) in [7, 11) is 0. The van der Waals surface area contributed by atoms with Crippen LogP contribution in [0.3, 0.4) is 0 Å². The minimum Gasteiger partial charge on any atom is -0.368 e. The van der Waals surface area contributed by atoms with Crippen LogP contribution in [0.15, 0.2) is 48.3 Å². The lowest BCUT2D eigenvalue weighted by Crippen LogP contribution is -2.33. The average molecular weight is 607 g/mol. The van der Waals surface area contributed by atoms with Crippen molar-refractivity contribution < 1.29 is 26.3 Å². The number of hydrogen-bond acceptors (Lipinski definition) is 2. The Labute approximate surface area is 252 Å². The molecule has 1 saturated heterocycles. The molecule has 2 aromatic rings. The molecule has 0 bridgehead atoms. The number of halogens is 6. The highest BCUT2D eigenvalue weighted by Crippen LogP contribution is 2.47. The monoisotopic (exact) mass is 606 g/mol. The van der Waals surface area contributed by atoms with Crippen LogP contribution < -0.4 is 0 Å². The van der Waals surface area contributed by atoms with Gasteiger partial charge in [0.2, 0.25) is 0 Å². The normalized spacial score (nSPS) is 21.6. The molecule has 2 heterocycles. The topological polar surface area (TPSA) is 16.1 Å². The van der Waals surface area contributed by atoms with Crippen LogP contribution in [-0.4, -0.2) is 22.5 Å². The van der Waals surface area contributed by atoms with E-state index in [1.165, 1.54) is 16.7 Å². The Morgan fingerprint density at radius 1 is 0.977 bits per heavy atom. The predicted molar refractivity (Wildman–Crippen MR) is 160 cm³/mol. The lowest BCUT2D eigenvalue weighted by atomic mass is 9.72. The average Bonchev–Trinajstić information content (AvgIpc) is 3.14. The number of nitrogens with zero attached hydrogens (tertiary/aromatic N) is 2. The van der Waals surface area contributed by atoms with E-state index < -0.39 is 29.4 Å². The van der Waals surface area contributed by atoms with Crippen molar-refractivity contribution in [2.45, 2.75) is 111 Å². The van der Waals surface area contributed by atoms with Gasteiger partial charge in [-0.3, -0.25) is 4.98 Å². The highest BCUT2D eigenvalue weighted by Gasteiger charge is 2.41. The fourth-order valence-electron chi connectivity index (χ4n) is 6.78. The minimum absolute atomic E-state index is 0.0452. The van der Waals surface area contributed by atoms with Crippen LogP contribution in [0.4, 0.5) is 26.3 Å². The van der Waals surface area contributed by atoms with Gasteiger partial charge in [0.15, 0.2) is 0 Å². The van der Waals surface area contributed by atoms with Crippen molar-refractivity contribution >= 4 is 5.57 Å². The first-order valence-corrected chi connectivity index (χ1v) is 15.1. The van der Waals surface area contributed by atoms with Gasteiger partial charge in [0.25, 0.3) is 0 Å². The Morgan fingerprint density at radius 3 is 2.12 bits per heavy atom. The van der Waals surface area contributed by atoms with E-state index in [0.29, 0.717) is 13.0 Å². The molecule has 0 N–H and O–H groups in total. The Morgan fingerprint density at radius 2 is 1.58 bits per heavy atom. The third-order valence-electron chi connectivity index (χ3n) is 8.93. The molecule has 0 spiro atoms. The first-order chi connectivity index (χ1) is 19.7. The van der Waals surface area contributed by atoms with Crippen molar-refractivity contribution in [2.75, 3.05) is 6.54 Å². The molecular weight excluding hydrogens is 562 g/mol. The highest BCUT2D eigenvalue weighted by atomic mass is 19.4. The van der Waals surface area contributed by atoms with Crippen LogP contribution in [0.2, 0.25) is 0 Å². The lowest BCUT2D eigenvalue weighted by molar-refractivity contribution is -0.143. The van der Waals surface area contributed by atoms with Gasteiger partial charge in [-0.25, -0.2) is 0 Å². The zero-order chi connectivity index (χ0) is 32.1. The van der Waals surface area contributed by atoms with Gasteiger partial charge in [-0.15, -0.1) is 0 Å². The largest absolute Gasteiger partial charge is 0.416 e. The summed E-state index contributed by atoms with van der Waals surface area (Å²) in [6, 6.07) is 3.90. The van der Waals surface area contributed by atoms with E-state index in [2.05, 4.69) is 59.1 Å². The maximum Gasteiger partial charge on any atom is 0.416 e. The lowest BCUT2D eigenvalue weighted by Gasteiger charge is -2.37. The molecule has 4 rings (SSSR count). The molecule has 236 valence electrons. The third-order valence-corrected chi connectivity index (χ3v) is 8.93. The molecule has 1 aliphatic carbocycles. The molecule has 0 radical (unpaired) electrons. The SMILES string of the molecule is C=C1CC(c2cc(C(F)(F)F)cc(C(F)(F)F)c2)C(C)N1CC1=C(c2cc(CC(C)(C)C)cnc2CC)CCC(C)(C)C1. The van der Waals surface area contributed by atoms with Crippen molar-refractivity contribution in [1.82, 2.24) is 9.88 Å². The van der Waals surface area contributed by atoms with E-state index in [0.717, 1.165) is 61.2 Å². The predicted octanol–water partition coefficient (Wildman–Crippen LogP) is 10.6. The quantitative estimate of drug-likeness (QED) is 0.304. The van der Waals surface area contributed by atoms with Gasteiger partial charge < -0.3 is 4.90 Å². The fourth-order valence-corrected chi connectivity index (χ4v) is 6.78. The van der Waals surface area contributed by atoms with E-state index >= 15 is 0 Å². The first kappa shape index (κ1) is 33.1. The number of rotatable bonds is 6. The summed E-state index contributed by atoms with van der Waals surface area (Å²) in [4.78, 5) is 6.94. The molecule has 2 aliphatic rings. The third kappa shape index (κ3) is 7.66. The number of alkyl halides is 6. The molecule has 8 heteroatoms. The molecule has 2 atom stereocenters. The van der Waals surface area contributed by atoms with Gasteiger partial charge >= 0.3 is 12.4 Å².